The second-order valence-corrected chi connectivity index (χ2v) is 7.17. The predicted octanol–water partition coefficient (Wildman–Crippen LogP) is 3.20. The number of nitrogens with zero attached hydrogens (tertiary/aromatic N) is 4. The van der Waals surface area contributed by atoms with E-state index in [1.165, 1.54) is 11.3 Å². The van der Waals surface area contributed by atoms with Crippen LogP contribution in [0.15, 0.2) is 15.9 Å². The van der Waals surface area contributed by atoms with Crippen LogP contribution in [0, 0.1) is 5.41 Å². The van der Waals surface area contributed by atoms with Gasteiger partial charge in [-0.15, -0.1) is 16.4 Å². The smallest absolute Gasteiger partial charge is 0.311 e. The third-order valence-electron chi connectivity index (χ3n) is 4.07. The molecular formula is C13H15BrN4O2S. The lowest BCUT2D eigenvalue weighted by Crippen LogP contribution is -2.38. The van der Waals surface area contributed by atoms with Gasteiger partial charge < -0.3 is 5.11 Å². The minimum Gasteiger partial charge on any atom is -0.481 e. The first-order valence-corrected chi connectivity index (χ1v) is 8.53. The Balaban J connectivity index is 1.93. The summed E-state index contributed by atoms with van der Waals surface area (Å²) in [7, 11) is 0. The zero-order valence-electron chi connectivity index (χ0n) is 11.3. The molecule has 0 radical (unpaired) electrons. The maximum atomic E-state index is 11.8. The zero-order valence-corrected chi connectivity index (χ0v) is 13.7. The average molecular weight is 371 g/mol. The highest BCUT2D eigenvalue weighted by Crippen LogP contribution is 2.39. The maximum absolute atomic E-state index is 11.8. The lowest BCUT2D eigenvalue weighted by atomic mass is 9.74. The summed E-state index contributed by atoms with van der Waals surface area (Å²) in [6.45, 7) is 0.328. The first-order chi connectivity index (χ1) is 10.1. The van der Waals surface area contributed by atoms with Crippen molar-refractivity contribution in [3.63, 3.8) is 0 Å². The fraction of sp³-hybridized carbons (Fsp3) is 0.538. The number of aromatic nitrogens is 4. The van der Waals surface area contributed by atoms with Crippen molar-refractivity contribution in [3.05, 3.63) is 15.9 Å². The van der Waals surface area contributed by atoms with Gasteiger partial charge in [0.05, 0.1) is 16.8 Å². The predicted molar refractivity (Wildman–Crippen MR) is 82.0 cm³/mol. The first kappa shape index (κ1) is 14.6. The van der Waals surface area contributed by atoms with E-state index in [4.69, 9.17) is 0 Å². The molecule has 6 nitrogen and oxygen atoms in total. The van der Waals surface area contributed by atoms with Gasteiger partial charge in [-0.2, -0.15) is 0 Å². The van der Waals surface area contributed by atoms with Crippen molar-refractivity contribution in [2.24, 2.45) is 5.41 Å². The fourth-order valence-electron chi connectivity index (χ4n) is 2.88. The van der Waals surface area contributed by atoms with Crippen LogP contribution in [0.3, 0.4) is 0 Å². The highest BCUT2D eigenvalue weighted by atomic mass is 79.9. The Bertz CT molecular complexity index is 648. The quantitative estimate of drug-likeness (QED) is 0.893. The maximum Gasteiger partial charge on any atom is 0.311 e. The van der Waals surface area contributed by atoms with E-state index < -0.39 is 11.4 Å². The highest BCUT2D eigenvalue weighted by Gasteiger charge is 2.41. The molecule has 0 aromatic carbocycles. The van der Waals surface area contributed by atoms with E-state index in [9.17, 15) is 9.90 Å². The van der Waals surface area contributed by atoms with Crippen molar-refractivity contribution in [3.8, 4) is 10.7 Å². The standard InChI is InChI=1S/C13H15BrN4O2S/c14-9-4-7-21-10(9)11-15-16-17-18(11)8-13(12(19)20)5-2-1-3-6-13/h4,7H,1-3,5-6,8H2,(H,19,20). The molecule has 0 atom stereocenters. The van der Waals surface area contributed by atoms with Gasteiger partial charge in [-0.3, -0.25) is 4.79 Å². The summed E-state index contributed by atoms with van der Waals surface area (Å²) in [6, 6.07) is 1.94. The van der Waals surface area contributed by atoms with Gasteiger partial charge in [0.2, 0.25) is 0 Å². The van der Waals surface area contributed by atoms with Crippen molar-refractivity contribution < 1.29 is 9.90 Å². The van der Waals surface area contributed by atoms with E-state index in [1.54, 1.807) is 4.68 Å². The largest absolute Gasteiger partial charge is 0.481 e. The van der Waals surface area contributed by atoms with E-state index in [2.05, 4.69) is 31.5 Å². The fourth-order valence-corrected chi connectivity index (χ4v) is 4.42. The molecule has 0 unspecified atom stereocenters. The van der Waals surface area contributed by atoms with E-state index >= 15 is 0 Å². The summed E-state index contributed by atoms with van der Waals surface area (Å²) in [4.78, 5) is 12.7. The van der Waals surface area contributed by atoms with E-state index in [0.29, 0.717) is 25.2 Å². The summed E-state index contributed by atoms with van der Waals surface area (Å²) in [6.07, 6.45) is 4.38. The van der Waals surface area contributed by atoms with E-state index in [0.717, 1.165) is 28.6 Å². The van der Waals surface area contributed by atoms with Gasteiger partial charge in [-0.05, 0) is 50.6 Å². The SMILES string of the molecule is O=C(O)C1(Cn2nnnc2-c2sccc2Br)CCCCC1. The van der Waals surface area contributed by atoms with Crippen LogP contribution in [0.2, 0.25) is 0 Å². The Hall–Kier alpha value is -1.28. The molecule has 0 saturated heterocycles. The lowest BCUT2D eigenvalue weighted by Gasteiger charge is -2.32. The molecule has 21 heavy (non-hydrogen) atoms. The third-order valence-corrected chi connectivity index (χ3v) is 5.90. The van der Waals surface area contributed by atoms with Gasteiger partial charge in [0.15, 0.2) is 5.82 Å². The Morgan fingerprint density at radius 1 is 1.43 bits per heavy atom. The number of hydrogen-bond donors (Lipinski definition) is 1. The Morgan fingerprint density at radius 2 is 2.19 bits per heavy atom. The molecule has 1 aliphatic carbocycles. The number of halogens is 1. The Labute approximate surface area is 134 Å². The van der Waals surface area contributed by atoms with Crippen LogP contribution in [0.5, 0.6) is 0 Å². The summed E-state index contributed by atoms with van der Waals surface area (Å²) < 4.78 is 2.56. The van der Waals surface area contributed by atoms with Crippen molar-refractivity contribution in [1.82, 2.24) is 20.2 Å². The van der Waals surface area contributed by atoms with Gasteiger partial charge in [0.25, 0.3) is 0 Å². The van der Waals surface area contributed by atoms with Crippen LogP contribution in [0.4, 0.5) is 0 Å². The van der Waals surface area contributed by atoms with Crippen LogP contribution in [0.25, 0.3) is 10.7 Å². The second-order valence-electron chi connectivity index (χ2n) is 5.40. The molecule has 0 spiro atoms. The van der Waals surface area contributed by atoms with Crippen LogP contribution in [-0.2, 0) is 11.3 Å². The molecule has 3 rings (SSSR count). The molecule has 2 aromatic heterocycles. The number of carbonyl (C=O) groups is 1. The number of aliphatic carboxylic acids is 1. The number of thiophene rings is 1. The minimum atomic E-state index is -0.744. The topological polar surface area (TPSA) is 80.9 Å². The van der Waals surface area contributed by atoms with Crippen LogP contribution in [-0.4, -0.2) is 31.3 Å². The molecule has 0 amide bonds. The summed E-state index contributed by atoms with van der Waals surface area (Å²) in [5, 5.41) is 23.4. The molecule has 112 valence electrons. The van der Waals surface area contributed by atoms with E-state index in [1.807, 2.05) is 11.4 Å². The van der Waals surface area contributed by atoms with Crippen molar-refractivity contribution >= 4 is 33.2 Å². The molecule has 0 bridgehead atoms. The molecule has 0 aliphatic heterocycles. The second kappa shape index (κ2) is 5.84. The first-order valence-electron chi connectivity index (χ1n) is 6.85. The molecule has 1 aliphatic rings. The molecule has 1 N–H and O–H groups in total. The number of rotatable bonds is 4. The molecule has 2 heterocycles. The van der Waals surface area contributed by atoms with Gasteiger partial charge >= 0.3 is 5.97 Å². The number of carboxylic acids is 1. The lowest BCUT2D eigenvalue weighted by molar-refractivity contribution is -0.152. The summed E-state index contributed by atoms with van der Waals surface area (Å²) in [5.41, 5.74) is -0.744. The van der Waals surface area contributed by atoms with Crippen LogP contribution >= 0.6 is 27.3 Å². The van der Waals surface area contributed by atoms with Gasteiger partial charge in [0, 0.05) is 4.47 Å². The molecular weight excluding hydrogens is 356 g/mol. The molecule has 1 fully saturated rings. The highest BCUT2D eigenvalue weighted by molar-refractivity contribution is 9.10. The number of tetrazole rings is 1. The van der Waals surface area contributed by atoms with Gasteiger partial charge in [-0.25, -0.2) is 4.68 Å². The van der Waals surface area contributed by atoms with Crippen molar-refractivity contribution in [1.29, 1.82) is 0 Å². The summed E-state index contributed by atoms with van der Waals surface area (Å²) in [5.74, 6) is -0.114. The van der Waals surface area contributed by atoms with Crippen LogP contribution < -0.4 is 0 Å². The average Bonchev–Trinajstić information content (AvgIpc) is 3.08. The van der Waals surface area contributed by atoms with Gasteiger partial charge in [0.1, 0.15) is 0 Å². The monoisotopic (exact) mass is 370 g/mol. The van der Waals surface area contributed by atoms with Crippen molar-refractivity contribution in [2.45, 2.75) is 38.6 Å². The van der Waals surface area contributed by atoms with Crippen LogP contribution in [0.1, 0.15) is 32.1 Å². The number of hydrogen-bond acceptors (Lipinski definition) is 5. The Morgan fingerprint density at radius 3 is 2.81 bits per heavy atom. The Kier molecular flexibility index (Phi) is 4.08. The minimum absolute atomic E-state index is 0.328. The normalized spacial score (nSPS) is 17.8. The van der Waals surface area contributed by atoms with E-state index in [-0.39, 0.29) is 0 Å². The summed E-state index contributed by atoms with van der Waals surface area (Å²) >= 11 is 5.01. The number of carboxylic acid groups (broad SMARTS) is 1. The molecule has 2 aromatic rings. The molecule has 1 saturated carbocycles. The van der Waals surface area contributed by atoms with Gasteiger partial charge in [-0.1, -0.05) is 19.3 Å². The van der Waals surface area contributed by atoms with Crippen molar-refractivity contribution in [2.75, 3.05) is 0 Å². The third kappa shape index (κ3) is 2.74. The zero-order chi connectivity index (χ0) is 14.9. The molecule has 8 heteroatoms.